The molecule has 3 heterocycles. The molecule has 2 N–H and O–H groups in total. The van der Waals surface area contributed by atoms with Crippen LogP contribution in [0.25, 0.3) is 5.69 Å². The molecule has 0 saturated carbocycles. The predicted octanol–water partition coefficient (Wildman–Crippen LogP) is 6.26. The van der Waals surface area contributed by atoms with Gasteiger partial charge in [-0.15, -0.1) is 0 Å². The molecule has 0 spiro atoms. The van der Waals surface area contributed by atoms with Crippen molar-refractivity contribution in [3.63, 3.8) is 0 Å². The number of benzene rings is 2. The lowest BCUT2D eigenvalue weighted by atomic mass is 10.00. The molecule has 2 aromatic carbocycles. The number of nitrogens with one attached hydrogen (secondary N) is 2. The van der Waals surface area contributed by atoms with Gasteiger partial charge < -0.3 is 20.1 Å². The van der Waals surface area contributed by atoms with E-state index in [9.17, 15) is 4.79 Å². The first-order valence-corrected chi connectivity index (χ1v) is 12.9. The van der Waals surface area contributed by atoms with Crippen molar-refractivity contribution < 1.29 is 4.79 Å². The average Bonchev–Trinajstić information content (AvgIpc) is 3.50. The number of rotatable bonds is 6. The van der Waals surface area contributed by atoms with E-state index in [1.807, 2.05) is 57.3 Å². The molecule has 0 aliphatic carbocycles. The molecule has 6 nitrogen and oxygen atoms in total. The van der Waals surface area contributed by atoms with Gasteiger partial charge in [-0.05, 0) is 86.2 Å². The van der Waals surface area contributed by atoms with Gasteiger partial charge in [-0.3, -0.25) is 9.78 Å². The fourth-order valence-corrected chi connectivity index (χ4v) is 5.07. The lowest BCUT2D eigenvalue weighted by Gasteiger charge is -2.29. The highest BCUT2D eigenvalue weighted by atomic mass is 32.1. The zero-order valence-corrected chi connectivity index (χ0v) is 22.3. The van der Waals surface area contributed by atoms with Gasteiger partial charge >= 0.3 is 0 Å². The standard InChI is InChI=1S/C30H31N5OS/c1-19(2)29(36)32-24-15-14-23(18-21(24)4)35-28(27(33-30(35)37)25-8-5-6-16-31-25)26-9-7-17-34(26)22-12-10-20(3)11-13-22/h5-19,27-28H,1-4H3,(H,32,36)(H,33,37)/t27-,28-/m1/s1. The smallest absolute Gasteiger partial charge is 0.226 e. The normalized spacial score (nSPS) is 17.2. The zero-order valence-electron chi connectivity index (χ0n) is 21.5. The van der Waals surface area contributed by atoms with Crippen LogP contribution in [0, 0.1) is 19.8 Å². The maximum absolute atomic E-state index is 12.3. The van der Waals surface area contributed by atoms with Crippen molar-refractivity contribution in [1.29, 1.82) is 0 Å². The van der Waals surface area contributed by atoms with Crippen LogP contribution in [0.1, 0.15) is 48.4 Å². The van der Waals surface area contributed by atoms with Crippen LogP contribution in [0.5, 0.6) is 0 Å². The highest BCUT2D eigenvalue weighted by Gasteiger charge is 2.42. The first kappa shape index (κ1) is 24.7. The fraction of sp³-hybridized carbons (Fsp3) is 0.233. The number of amides is 1. The van der Waals surface area contributed by atoms with E-state index in [0.29, 0.717) is 5.11 Å². The molecule has 0 unspecified atom stereocenters. The molecule has 4 aromatic rings. The summed E-state index contributed by atoms with van der Waals surface area (Å²) in [7, 11) is 0. The van der Waals surface area contributed by atoms with Gasteiger partial charge in [0, 0.05) is 41.1 Å². The number of thiocarbonyl (C=S) groups is 1. The molecular weight excluding hydrogens is 478 g/mol. The van der Waals surface area contributed by atoms with Gasteiger partial charge in [0.2, 0.25) is 5.91 Å². The Morgan fingerprint density at radius 1 is 1.00 bits per heavy atom. The maximum atomic E-state index is 12.3. The van der Waals surface area contributed by atoms with Crippen LogP contribution in [0.15, 0.2) is 85.2 Å². The topological polar surface area (TPSA) is 62.2 Å². The predicted molar refractivity (Wildman–Crippen MR) is 153 cm³/mol. The van der Waals surface area contributed by atoms with Crippen LogP contribution in [-0.4, -0.2) is 20.6 Å². The number of aromatic nitrogens is 2. The molecular formula is C30H31N5OS. The number of carbonyl (C=O) groups is 1. The number of pyridine rings is 1. The van der Waals surface area contributed by atoms with Gasteiger partial charge in [0.05, 0.1) is 11.7 Å². The van der Waals surface area contributed by atoms with E-state index < -0.39 is 0 Å². The Morgan fingerprint density at radius 2 is 1.76 bits per heavy atom. The van der Waals surface area contributed by atoms with Crippen molar-refractivity contribution >= 4 is 34.6 Å². The van der Waals surface area contributed by atoms with Gasteiger partial charge in [0.15, 0.2) is 5.11 Å². The number of nitrogens with zero attached hydrogens (tertiary/aromatic N) is 3. The third-order valence-electron chi connectivity index (χ3n) is 6.76. The highest BCUT2D eigenvalue weighted by molar-refractivity contribution is 7.80. The number of hydrogen-bond donors (Lipinski definition) is 2. The summed E-state index contributed by atoms with van der Waals surface area (Å²) in [5, 5.41) is 7.20. The van der Waals surface area contributed by atoms with Gasteiger partial charge in [-0.1, -0.05) is 37.6 Å². The third kappa shape index (κ3) is 4.87. The van der Waals surface area contributed by atoms with E-state index in [0.717, 1.165) is 34.0 Å². The van der Waals surface area contributed by atoms with Crippen molar-refractivity contribution in [3.05, 3.63) is 108 Å². The molecule has 1 aliphatic heterocycles. The van der Waals surface area contributed by atoms with E-state index in [1.165, 1.54) is 5.56 Å². The van der Waals surface area contributed by atoms with Crippen LogP contribution in [0.3, 0.4) is 0 Å². The minimum atomic E-state index is -0.145. The molecule has 7 heteroatoms. The second kappa shape index (κ2) is 10.2. The molecule has 188 valence electrons. The molecule has 2 atom stereocenters. The first-order chi connectivity index (χ1) is 17.8. The fourth-order valence-electron chi connectivity index (χ4n) is 4.72. The number of anilines is 2. The molecule has 0 radical (unpaired) electrons. The van der Waals surface area contributed by atoms with E-state index in [1.54, 1.807) is 0 Å². The summed E-state index contributed by atoms with van der Waals surface area (Å²) in [6, 6.07) is 24.5. The Morgan fingerprint density at radius 3 is 2.43 bits per heavy atom. The van der Waals surface area contributed by atoms with Gasteiger partial charge in [-0.25, -0.2) is 0 Å². The molecule has 0 bridgehead atoms. The quantitative estimate of drug-likeness (QED) is 0.300. The van der Waals surface area contributed by atoms with Crippen molar-refractivity contribution in [2.75, 3.05) is 10.2 Å². The largest absolute Gasteiger partial charge is 0.351 e. The summed E-state index contributed by atoms with van der Waals surface area (Å²) in [5.41, 5.74) is 7.07. The monoisotopic (exact) mass is 509 g/mol. The average molecular weight is 510 g/mol. The molecule has 1 saturated heterocycles. The van der Waals surface area contributed by atoms with Crippen molar-refractivity contribution in [3.8, 4) is 5.69 Å². The molecule has 5 rings (SSSR count). The summed E-state index contributed by atoms with van der Waals surface area (Å²) in [6.45, 7) is 7.87. The van der Waals surface area contributed by atoms with Crippen LogP contribution in [0.4, 0.5) is 11.4 Å². The summed E-state index contributed by atoms with van der Waals surface area (Å²) in [4.78, 5) is 19.1. The summed E-state index contributed by atoms with van der Waals surface area (Å²) in [5.74, 6) is -0.0919. The van der Waals surface area contributed by atoms with E-state index >= 15 is 0 Å². The Bertz CT molecular complexity index is 1430. The van der Waals surface area contributed by atoms with Crippen LogP contribution >= 0.6 is 12.2 Å². The van der Waals surface area contributed by atoms with Crippen molar-refractivity contribution in [2.45, 2.75) is 39.8 Å². The third-order valence-corrected chi connectivity index (χ3v) is 7.08. The first-order valence-electron chi connectivity index (χ1n) is 12.5. The SMILES string of the molecule is Cc1ccc(-n2cccc2[C@@H]2[C@@H](c3ccccn3)NC(=S)N2c2ccc(NC(=O)C(C)C)c(C)c2)cc1. The lowest BCUT2D eigenvalue weighted by Crippen LogP contribution is -2.30. The van der Waals surface area contributed by atoms with Crippen LogP contribution in [0.2, 0.25) is 0 Å². The zero-order chi connectivity index (χ0) is 26.1. The maximum Gasteiger partial charge on any atom is 0.226 e. The lowest BCUT2D eigenvalue weighted by molar-refractivity contribution is -0.118. The van der Waals surface area contributed by atoms with Crippen LogP contribution < -0.4 is 15.5 Å². The minimum absolute atomic E-state index is 0.00164. The van der Waals surface area contributed by atoms with Crippen LogP contribution in [-0.2, 0) is 4.79 Å². The summed E-state index contributed by atoms with van der Waals surface area (Å²) < 4.78 is 2.22. The Labute approximate surface area is 223 Å². The Balaban J connectivity index is 1.59. The summed E-state index contributed by atoms with van der Waals surface area (Å²) >= 11 is 5.92. The van der Waals surface area contributed by atoms with Crippen molar-refractivity contribution in [1.82, 2.24) is 14.9 Å². The minimum Gasteiger partial charge on any atom is -0.351 e. The van der Waals surface area contributed by atoms with Gasteiger partial charge in [-0.2, -0.15) is 0 Å². The molecule has 2 aromatic heterocycles. The van der Waals surface area contributed by atoms with E-state index in [4.69, 9.17) is 12.2 Å². The van der Waals surface area contributed by atoms with E-state index in [2.05, 4.69) is 80.7 Å². The van der Waals surface area contributed by atoms with Gasteiger partial charge in [0.25, 0.3) is 0 Å². The number of carbonyl (C=O) groups excluding carboxylic acids is 1. The Hall–Kier alpha value is -3.97. The molecule has 1 amide bonds. The molecule has 37 heavy (non-hydrogen) atoms. The van der Waals surface area contributed by atoms with Gasteiger partial charge in [0.1, 0.15) is 6.04 Å². The second-order valence-corrected chi connectivity index (χ2v) is 10.2. The Kier molecular flexibility index (Phi) is 6.80. The number of hydrogen-bond acceptors (Lipinski definition) is 3. The summed E-state index contributed by atoms with van der Waals surface area (Å²) in [6.07, 6.45) is 3.90. The van der Waals surface area contributed by atoms with E-state index in [-0.39, 0.29) is 23.9 Å². The highest BCUT2D eigenvalue weighted by Crippen LogP contribution is 2.42. The number of aryl methyl sites for hydroxylation is 2. The molecule has 1 fully saturated rings. The molecule has 1 aliphatic rings. The second-order valence-electron chi connectivity index (χ2n) is 9.78. The van der Waals surface area contributed by atoms with Crippen molar-refractivity contribution in [2.24, 2.45) is 5.92 Å².